The predicted octanol–water partition coefficient (Wildman–Crippen LogP) is 4.98. The number of aliphatic hydroxyl groups excluding tert-OH is 1. The molecule has 19 heavy (non-hydrogen) atoms. The summed E-state index contributed by atoms with van der Waals surface area (Å²) in [7, 11) is 0. The zero-order chi connectivity index (χ0) is 14.1. The second-order valence-electron chi connectivity index (χ2n) is 6.04. The fraction of sp³-hybridized carbons (Fsp3) is 0.500. The first-order valence-electron chi connectivity index (χ1n) is 7.09. The van der Waals surface area contributed by atoms with Gasteiger partial charge in [-0.1, -0.05) is 0 Å². The van der Waals surface area contributed by atoms with Crippen LogP contribution in [0.25, 0.3) is 0 Å². The van der Waals surface area contributed by atoms with Gasteiger partial charge in [-0.2, -0.15) is 0 Å². The van der Waals surface area contributed by atoms with Gasteiger partial charge in [0.1, 0.15) is 0 Å². The van der Waals surface area contributed by atoms with Gasteiger partial charge in [-0.3, -0.25) is 0 Å². The van der Waals surface area contributed by atoms with Crippen molar-refractivity contribution < 1.29 is 5.11 Å². The van der Waals surface area contributed by atoms with E-state index in [1.165, 1.54) is 15.8 Å². The van der Waals surface area contributed by atoms with E-state index in [4.69, 9.17) is 11.6 Å². The molecule has 0 spiro atoms. The molecule has 1 nitrogen and oxygen atoms in total. The van der Waals surface area contributed by atoms with Crippen LogP contribution in [0.1, 0.15) is 32.4 Å². The van der Waals surface area contributed by atoms with Crippen LogP contribution in [0.4, 0.5) is 0 Å². The van der Waals surface area contributed by atoms with Crippen molar-refractivity contribution in [1.82, 2.24) is 0 Å². The van der Waals surface area contributed by atoms with Crippen LogP contribution in [0.15, 0.2) is 35.3 Å². The second-order valence-corrected chi connectivity index (χ2v) is 16.6. The molecule has 3 heteroatoms. The molecule has 0 radical (unpaired) electrons. The molecule has 1 aliphatic heterocycles. The molecule has 0 saturated heterocycles. The van der Waals surface area contributed by atoms with Crippen molar-refractivity contribution in [3.05, 3.63) is 45.8 Å². The fourth-order valence-corrected chi connectivity index (χ4v) is 12.0. The monoisotopic (exact) mass is 340 g/mol. The molecule has 0 bridgehead atoms. The van der Waals surface area contributed by atoms with E-state index in [2.05, 4.69) is 31.8 Å². The summed E-state index contributed by atoms with van der Waals surface area (Å²) in [6.45, 7) is 6.82. The Morgan fingerprint density at radius 3 is 2.32 bits per heavy atom. The van der Waals surface area contributed by atoms with E-state index in [0.29, 0.717) is 0 Å². The van der Waals surface area contributed by atoms with E-state index in [-0.39, 0.29) is 5.41 Å². The van der Waals surface area contributed by atoms with Crippen LogP contribution in [0, 0.1) is 5.41 Å². The Bertz CT molecular complexity index is 464. The number of hydrogen-bond donors (Lipinski definition) is 1. The molecule has 0 fully saturated rings. The Hall–Kier alpha value is -0.247. The average molecular weight is 339 g/mol. The van der Waals surface area contributed by atoms with Crippen LogP contribution in [0.2, 0.25) is 20.8 Å². The Kier molecular flexibility index (Phi) is 4.49. The third-order valence-electron chi connectivity index (χ3n) is 4.77. The second kappa shape index (κ2) is 5.63. The quantitative estimate of drug-likeness (QED) is 0.767. The van der Waals surface area contributed by atoms with E-state index < -0.39 is 19.4 Å². The van der Waals surface area contributed by atoms with Gasteiger partial charge in [0.05, 0.1) is 0 Å². The number of benzene rings is 1. The van der Waals surface area contributed by atoms with Gasteiger partial charge < -0.3 is 0 Å². The summed E-state index contributed by atoms with van der Waals surface area (Å²) in [5, 5.41) is 15.3. The molecule has 0 unspecified atom stereocenters. The van der Waals surface area contributed by atoms with Gasteiger partial charge in [-0.25, -0.2) is 0 Å². The average Bonchev–Trinajstić information content (AvgIpc) is 2.79. The SMILES string of the molecule is C[CH2][Ge]1([CH2]C)[CH]=C[C@](C)([C@H](O)c2ccc(Cl)cc2)[CH2]1. The first kappa shape index (κ1) is 15.1. The van der Waals surface area contributed by atoms with Gasteiger partial charge in [-0.15, -0.1) is 0 Å². The first-order chi connectivity index (χ1) is 8.95. The van der Waals surface area contributed by atoms with Crippen molar-refractivity contribution in [2.45, 2.75) is 42.6 Å². The van der Waals surface area contributed by atoms with E-state index in [1.54, 1.807) is 0 Å². The fourth-order valence-electron chi connectivity index (χ4n) is 3.19. The van der Waals surface area contributed by atoms with Crippen LogP contribution >= 0.6 is 11.6 Å². The number of rotatable bonds is 4. The topological polar surface area (TPSA) is 20.2 Å². The molecule has 0 aliphatic carbocycles. The number of hydrogen-bond acceptors (Lipinski definition) is 1. The van der Waals surface area contributed by atoms with Crippen molar-refractivity contribution >= 4 is 24.9 Å². The molecule has 0 aromatic heterocycles. The van der Waals surface area contributed by atoms with Crippen molar-refractivity contribution in [1.29, 1.82) is 0 Å². The van der Waals surface area contributed by atoms with Crippen molar-refractivity contribution in [2.75, 3.05) is 0 Å². The summed E-state index contributed by atoms with van der Waals surface area (Å²) in [6.07, 6.45) is 1.87. The van der Waals surface area contributed by atoms with Gasteiger partial charge in [0.15, 0.2) is 0 Å². The van der Waals surface area contributed by atoms with Crippen LogP contribution in [0.3, 0.4) is 0 Å². The molecule has 1 aromatic rings. The Balaban J connectivity index is 2.23. The third kappa shape index (κ3) is 2.93. The van der Waals surface area contributed by atoms with Gasteiger partial charge in [0, 0.05) is 0 Å². The molecule has 0 amide bonds. The maximum atomic E-state index is 10.7. The molecule has 0 saturated carbocycles. The standard InChI is InChI=1S/C16H23ClGeO/c1-4-18(5-2)11-10-16(3,12-18)15(19)13-6-8-14(17)9-7-13/h6-11,15,19H,4-5,12H2,1-3H3/t15-,16+/m1/s1. The van der Waals surface area contributed by atoms with E-state index >= 15 is 0 Å². The molecule has 104 valence electrons. The van der Waals surface area contributed by atoms with Crippen LogP contribution in [-0.2, 0) is 0 Å². The summed E-state index contributed by atoms with van der Waals surface area (Å²) in [4.78, 5) is 2.50. The van der Waals surface area contributed by atoms with E-state index in [9.17, 15) is 5.11 Å². The maximum absolute atomic E-state index is 10.7. The van der Waals surface area contributed by atoms with Gasteiger partial charge >= 0.3 is 124 Å². The third-order valence-corrected chi connectivity index (χ3v) is 15.8. The van der Waals surface area contributed by atoms with Gasteiger partial charge in [0.25, 0.3) is 0 Å². The van der Waals surface area contributed by atoms with E-state index in [0.717, 1.165) is 10.6 Å². The summed E-state index contributed by atoms with van der Waals surface area (Å²) in [5.74, 6) is 0. The minimum absolute atomic E-state index is 0.0974. The molecule has 1 heterocycles. The molecule has 2 atom stereocenters. The summed E-state index contributed by atoms with van der Waals surface area (Å²) in [6, 6.07) is 7.60. The van der Waals surface area contributed by atoms with Gasteiger partial charge in [0.2, 0.25) is 0 Å². The first-order valence-corrected chi connectivity index (χ1v) is 13.1. The van der Waals surface area contributed by atoms with Crippen molar-refractivity contribution in [3.63, 3.8) is 0 Å². The molecular weight excluding hydrogens is 316 g/mol. The van der Waals surface area contributed by atoms with E-state index in [1.807, 2.05) is 24.3 Å². The molecule has 1 aromatic carbocycles. The predicted molar refractivity (Wildman–Crippen MR) is 85.2 cm³/mol. The molecule has 1 aliphatic rings. The Labute approximate surface area is 124 Å². The molecular formula is C16H23ClGeO. The number of halogens is 1. The zero-order valence-corrected chi connectivity index (χ0v) is 14.8. The zero-order valence-electron chi connectivity index (χ0n) is 12.0. The van der Waals surface area contributed by atoms with Crippen LogP contribution in [0.5, 0.6) is 0 Å². The van der Waals surface area contributed by atoms with Gasteiger partial charge in [-0.05, 0) is 0 Å². The Morgan fingerprint density at radius 1 is 1.26 bits per heavy atom. The van der Waals surface area contributed by atoms with Crippen LogP contribution < -0.4 is 0 Å². The van der Waals surface area contributed by atoms with Crippen LogP contribution in [-0.4, -0.2) is 18.4 Å². The van der Waals surface area contributed by atoms with Crippen molar-refractivity contribution in [2.24, 2.45) is 5.41 Å². The Morgan fingerprint density at radius 2 is 1.84 bits per heavy atom. The normalized spacial score (nSPS) is 26.6. The summed E-state index contributed by atoms with van der Waals surface area (Å²) >= 11 is 4.09. The minimum atomic E-state index is -1.83. The summed E-state index contributed by atoms with van der Waals surface area (Å²) < 4.78 is 0. The molecule has 1 N–H and O–H groups in total. The van der Waals surface area contributed by atoms with Crippen molar-refractivity contribution in [3.8, 4) is 0 Å². The number of aliphatic hydroxyl groups is 1. The summed E-state index contributed by atoms with van der Waals surface area (Å²) in [5.41, 5.74) is 0.877. The molecule has 2 rings (SSSR count).